The molecule has 2 aromatic rings. The lowest BCUT2D eigenvalue weighted by Crippen LogP contribution is -2.30. The summed E-state index contributed by atoms with van der Waals surface area (Å²) in [6, 6.07) is 14.9. The molecule has 1 atom stereocenters. The van der Waals surface area contributed by atoms with Crippen LogP contribution in [0.5, 0.6) is 11.5 Å². The lowest BCUT2D eigenvalue weighted by atomic mass is 10.1. The predicted octanol–water partition coefficient (Wildman–Crippen LogP) is 3.48. The second kappa shape index (κ2) is 8.44. The number of hydrogen-bond acceptors (Lipinski definition) is 3. The molecule has 4 nitrogen and oxygen atoms in total. The van der Waals surface area contributed by atoms with Gasteiger partial charge in [-0.3, -0.25) is 4.79 Å². The first-order valence-corrected chi connectivity index (χ1v) is 7.79. The van der Waals surface area contributed by atoms with Gasteiger partial charge in [-0.2, -0.15) is 0 Å². The predicted molar refractivity (Wildman–Crippen MR) is 91.3 cm³/mol. The fourth-order valence-electron chi connectivity index (χ4n) is 1.99. The Morgan fingerprint density at radius 3 is 2.30 bits per heavy atom. The van der Waals surface area contributed by atoms with Crippen molar-refractivity contribution in [2.45, 2.75) is 12.3 Å². The molecule has 23 heavy (non-hydrogen) atoms. The Bertz CT molecular complexity index is 626. The van der Waals surface area contributed by atoms with E-state index in [2.05, 4.69) is 5.32 Å². The number of carbonyl (C=O) groups excluding carboxylic acids is 1. The van der Waals surface area contributed by atoms with Crippen molar-refractivity contribution in [2.24, 2.45) is 0 Å². The van der Waals surface area contributed by atoms with Gasteiger partial charge in [-0.1, -0.05) is 29.8 Å². The molecule has 0 heterocycles. The normalized spacial score (nSPS) is 11.6. The third kappa shape index (κ3) is 5.18. The summed E-state index contributed by atoms with van der Waals surface area (Å²) in [5.41, 5.74) is 1.90. The number of hydrogen-bond donors (Lipinski definition) is 1. The van der Waals surface area contributed by atoms with Gasteiger partial charge in [-0.25, -0.2) is 0 Å². The van der Waals surface area contributed by atoms with Crippen molar-refractivity contribution in [3.63, 3.8) is 0 Å². The van der Waals surface area contributed by atoms with Gasteiger partial charge >= 0.3 is 0 Å². The zero-order valence-corrected chi connectivity index (χ0v) is 14.0. The summed E-state index contributed by atoms with van der Waals surface area (Å²) < 4.78 is 10.6. The summed E-state index contributed by atoms with van der Waals surface area (Å²) in [6.45, 7) is 2.80. The van der Waals surface area contributed by atoms with E-state index in [0.29, 0.717) is 13.2 Å². The third-order valence-electron chi connectivity index (χ3n) is 3.33. The molecule has 5 heteroatoms. The van der Waals surface area contributed by atoms with Crippen LogP contribution in [-0.4, -0.2) is 26.2 Å². The van der Waals surface area contributed by atoms with E-state index < -0.39 is 5.38 Å². The van der Waals surface area contributed by atoms with Crippen LogP contribution in [0, 0.1) is 6.92 Å². The van der Waals surface area contributed by atoms with E-state index in [1.165, 1.54) is 5.56 Å². The molecule has 1 unspecified atom stereocenters. The highest BCUT2D eigenvalue weighted by Crippen LogP contribution is 2.23. The zero-order valence-electron chi connectivity index (χ0n) is 13.2. The SMILES string of the molecule is COc1ccc(C(Cl)C(=O)NCCOc2ccc(C)cc2)cc1. The number of alkyl halides is 1. The Balaban J connectivity index is 1.76. The van der Waals surface area contributed by atoms with Crippen molar-refractivity contribution in [1.29, 1.82) is 0 Å². The van der Waals surface area contributed by atoms with Crippen LogP contribution in [-0.2, 0) is 4.79 Å². The first-order chi connectivity index (χ1) is 11.1. The Morgan fingerprint density at radius 2 is 1.70 bits per heavy atom. The van der Waals surface area contributed by atoms with Gasteiger partial charge in [0.05, 0.1) is 13.7 Å². The second-order valence-corrected chi connectivity index (χ2v) is 5.52. The summed E-state index contributed by atoms with van der Waals surface area (Å²) in [5.74, 6) is 1.26. The standard InChI is InChI=1S/C18H20ClNO3/c1-13-3-7-16(8-4-13)23-12-11-20-18(21)17(19)14-5-9-15(22-2)10-6-14/h3-10,17H,11-12H2,1-2H3,(H,20,21). The van der Waals surface area contributed by atoms with E-state index in [4.69, 9.17) is 21.1 Å². The quantitative estimate of drug-likeness (QED) is 0.623. The molecule has 0 fully saturated rings. The molecule has 0 aliphatic rings. The van der Waals surface area contributed by atoms with Gasteiger partial charge in [0.15, 0.2) is 0 Å². The Morgan fingerprint density at radius 1 is 1.09 bits per heavy atom. The van der Waals surface area contributed by atoms with Crippen LogP contribution in [0.3, 0.4) is 0 Å². The maximum absolute atomic E-state index is 12.0. The van der Waals surface area contributed by atoms with E-state index in [1.54, 1.807) is 31.4 Å². The van der Waals surface area contributed by atoms with Gasteiger partial charge in [-0.15, -0.1) is 11.6 Å². The molecule has 0 saturated heterocycles. The topological polar surface area (TPSA) is 47.6 Å². The van der Waals surface area contributed by atoms with Gasteiger partial charge in [0.25, 0.3) is 0 Å². The fourth-order valence-corrected chi connectivity index (χ4v) is 2.21. The van der Waals surface area contributed by atoms with E-state index in [1.807, 2.05) is 31.2 Å². The number of aryl methyl sites for hydroxylation is 1. The number of carbonyl (C=O) groups is 1. The van der Waals surface area contributed by atoms with Gasteiger partial charge < -0.3 is 14.8 Å². The number of ether oxygens (including phenoxy) is 2. The molecule has 0 saturated carbocycles. The van der Waals surface area contributed by atoms with Crippen molar-refractivity contribution < 1.29 is 14.3 Å². The number of methoxy groups -OCH3 is 1. The summed E-state index contributed by atoms with van der Waals surface area (Å²) in [7, 11) is 1.59. The number of benzene rings is 2. The van der Waals surface area contributed by atoms with E-state index in [-0.39, 0.29) is 5.91 Å². The molecule has 1 N–H and O–H groups in total. The average molecular weight is 334 g/mol. The largest absolute Gasteiger partial charge is 0.497 e. The minimum absolute atomic E-state index is 0.246. The van der Waals surface area contributed by atoms with Crippen LogP contribution >= 0.6 is 11.6 Å². The summed E-state index contributed by atoms with van der Waals surface area (Å²) in [4.78, 5) is 12.0. The smallest absolute Gasteiger partial charge is 0.242 e. The first kappa shape index (κ1) is 17.2. The molecule has 122 valence electrons. The minimum atomic E-state index is -0.736. The van der Waals surface area contributed by atoms with Crippen molar-refractivity contribution >= 4 is 17.5 Å². The molecule has 0 spiro atoms. The fraction of sp³-hybridized carbons (Fsp3) is 0.278. The van der Waals surface area contributed by atoms with Crippen LogP contribution in [0.4, 0.5) is 0 Å². The third-order valence-corrected chi connectivity index (χ3v) is 3.78. The summed E-state index contributed by atoms with van der Waals surface area (Å²) in [6.07, 6.45) is 0. The molecule has 0 radical (unpaired) electrons. The molecule has 2 aromatic carbocycles. The van der Waals surface area contributed by atoms with Crippen molar-refractivity contribution in [1.82, 2.24) is 5.32 Å². The molecule has 0 aliphatic heterocycles. The van der Waals surface area contributed by atoms with Gasteiger partial charge in [-0.05, 0) is 36.8 Å². The van der Waals surface area contributed by atoms with Crippen LogP contribution in [0.15, 0.2) is 48.5 Å². The number of rotatable bonds is 7. The van der Waals surface area contributed by atoms with Crippen LogP contribution in [0.1, 0.15) is 16.5 Å². The van der Waals surface area contributed by atoms with Crippen molar-refractivity contribution in [3.05, 3.63) is 59.7 Å². The highest BCUT2D eigenvalue weighted by molar-refractivity contribution is 6.30. The highest BCUT2D eigenvalue weighted by Gasteiger charge is 2.17. The highest BCUT2D eigenvalue weighted by atomic mass is 35.5. The lowest BCUT2D eigenvalue weighted by molar-refractivity contribution is -0.120. The first-order valence-electron chi connectivity index (χ1n) is 7.35. The minimum Gasteiger partial charge on any atom is -0.497 e. The molecule has 0 aromatic heterocycles. The van der Waals surface area contributed by atoms with Crippen molar-refractivity contribution in [2.75, 3.05) is 20.3 Å². The van der Waals surface area contributed by atoms with Crippen molar-refractivity contribution in [3.8, 4) is 11.5 Å². The van der Waals surface area contributed by atoms with Crippen LogP contribution < -0.4 is 14.8 Å². The summed E-state index contributed by atoms with van der Waals surface area (Å²) in [5, 5.41) is 2.03. The molecule has 0 aliphatic carbocycles. The molecule has 2 rings (SSSR count). The van der Waals surface area contributed by atoms with E-state index >= 15 is 0 Å². The number of amides is 1. The molecule has 0 bridgehead atoms. The Hall–Kier alpha value is -2.20. The average Bonchev–Trinajstić information content (AvgIpc) is 2.59. The number of nitrogens with one attached hydrogen (secondary N) is 1. The van der Waals surface area contributed by atoms with E-state index in [9.17, 15) is 4.79 Å². The second-order valence-electron chi connectivity index (χ2n) is 5.09. The zero-order chi connectivity index (χ0) is 16.7. The van der Waals surface area contributed by atoms with Gasteiger partial charge in [0.1, 0.15) is 23.5 Å². The Kier molecular flexibility index (Phi) is 6.29. The molecular weight excluding hydrogens is 314 g/mol. The maximum Gasteiger partial charge on any atom is 0.242 e. The van der Waals surface area contributed by atoms with E-state index in [0.717, 1.165) is 17.1 Å². The maximum atomic E-state index is 12.0. The summed E-state index contributed by atoms with van der Waals surface area (Å²) >= 11 is 6.17. The Labute approximate surface area is 141 Å². The number of halogens is 1. The lowest BCUT2D eigenvalue weighted by Gasteiger charge is -2.12. The molecule has 1 amide bonds. The van der Waals surface area contributed by atoms with Gasteiger partial charge in [0.2, 0.25) is 5.91 Å². The van der Waals surface area contributed by atoms with Gasteiger partial charge in [0, 0.05) is 0 Å². The van der Waals surface area contributed by atoms with Crippen LogP contribution in [0.25, 0.3) is 0 Å². The monoisotopic (exact) mass is 333 g/mol. The molecular formula is C18H20ClNO3. The van der Waals surface area contributed by atoms with Crippen LogP contribution in [0.2, 0.25) is 0 Å².